The molecule has 0 amide bonds. The first-order valence-electron chi connectivity index (χ1n) is 7.03. The molecule has 7 heteroatoms. The van der Waals surface area contributed by atoms with Crippen LogP contribution in [0, 0.1) is 11.3 Å². The SMILES string of the molecule is COCCN1CCN(c2ccc(C(F)(F)F)cc2C#N)CC1. The van der Waals surface area contributed by atoms with Crippen molar-refractivity contribution in [1.82, 2.24) is 4.90 Å². The summed E-state index contributed by atoms with van der Waals surface area (Å²) in [6, 6.07) is 5.23. The number of piperazine rings is 1. The number of nitriles is 1. The molecule has 4 nitrogen and oxygen atoms in total. The molecule has 1 aliphatic rings. The van der Waals surface area contributed by atoms with Gasteiger partial charge in [0.15, 0.2) is 0 Å². The maximum atomic E-state index is 12.7. The van der Waals surface area contributed by atoms with E-state index in [1.807, 2.05) is 11.0 Å². The van der Waals surface area contributed by atoms with E-state index in [0.29, 0.717) is 25.4 Å². The van der Waals surface area contributed by atoms with E-state index >= 15 is 0 Å². The van der Waals surface area contributed by atoms with Crippen molar-refractivity contribution in [2.75, 3.05) is 51.3 Å². The molecule has 22 heavy (non-hydrogen) atoms. The van der Waals surface area contributed by atoms with Gasteiger partial charge in [-0.2, -0.15) is 18.4 Å². The Hall–Kier alpha value is -1.78. The largest absolute Gasteiger partial charge is 0.416 e. The molecule has 1 aliphatic heterocycles. The van der Waals surface area contributed by atoms with E-state index in [-0.39, 0.29) is 5.56 Å². The molecule has 1 fully saturated rings. The fraction of sp³-hybridized carbons (Fsp3) is 0.533. The van der Waals surface area contributed by atoms with Crippen molar-refractivity contribution in [3.05, 3.63) is 29.3 Å². The molecule has 0 saturated carbocycles. The summed E-state index contributed by atoms with van der Waals surface area (Å²) < 4.78 is 43.2. The molecule has 1 aromatic carbocycles. The lowest BCUT2D eigenvalue weighted by Crippen LogP contribution is -2.47. The summed E-state index contributed by atoms with van der Waals surface area (Å²) in [5.41, 5.74) is -0.145. The summed E-state index contributed by atoms with van der Waals surface area (Å²) in [5, 5.41) is 9.14. The van der Waals surface area contributed by atoms with Gasteiger partial charge in [0.25, 0.3) is 0 Å². The Morgan fingerprint density at radius 2 is 1.91 bits per heavy atom. The van der Waals surface area contributed by atoms with Gasteiger partial charge in [0.2, 0.25) is 0 Å². The molecule has 0 spiro atoms. The minimum absolute atomic E-state index is 0.0696. The van der Waals surface area contributed by atoms with Gasteiger partial charge in [0.1, 0.15) is 6.07 Å². The molecular weight excluding hydrogens is 295 g/mol. The van der Waals surface area contributed by atoms with E-state index in [1.54, 1.807) is 7.11 Å². The van der Waals surface area contributed by atoms with Crippen LogP contribution in [0.1, 0.15) is 11.1 Å². The molecule has 0 bridgehead atoms. The van der Waals surface area contributed by atoms with Gasteiger partial charge in [0, 0.05) is 39.8 Å². The van der Waals surface area contributed by atoms with Crippen molar-refractivity contribution in [2.45, 2.75) is 6.18 Å². The molecule has 1 aromatic rings. The number of rotatable bonds is 4. The molecule has 0 radical (unpaired) electrons. The monoisotopic (exact) mass is 313 g/mol. The summed E-state index contributed by atoms with van der Waals surface area (Å²) in [5.74, 6) is 0. The first-order valence-corrected chi connectivity index (χ1v) is 7.03. The van der Waals surface area contributed by atoms with Crippen LogP contribution in [0.15, 0.2) is 18.2 Å². The molecule has 0 N–H and O–H groups in total. The van der Waals surface area contributed by atoms with Crippen LogP contribution >= 0.6 is 0 Å². The second kappa shape index (κ2) is 6.99. The average molecular weight is 313 g/mol. The summed E-state index contributed by atoms with van der Waals surface area (Å²) >= 11 is 0. The Balaban J connectivity index is 2.09. The highest BCUT2D eigenvalue weighted by Gasteiger charge is 2.31. The minimum atomic E-state index is -4.43. The number of alkyl halides is 3. The third-order valence-corrected chi connectivity index (χ3v) is 3.77. The zero-order valence-corrected chi connectivity index (χ0v) is 12.4. The molecule has 0 aromatic heterocycles. The normalized spacial score (nSPS) is 16.6. The maximum absolute atomic E-state index is 12.7. The van der Waals surface area contributed by atoms with E-state index in [0.717, 1.165) is 31.8 Å². The first kappa shape index (κ1) is 16.6. The number of hydrogen-bond donors (Lipinski definition) is 0. The lowest BCUT2D eigenvalue weighted by Gasteiger charge is -2.36. The first-order chi connectivity index (χ1) is 10.5. The fourth-order valence-corrected chi connectivity index (χ4v) is 2.51. The van der Waals surface area contributed by atoms with Gasteiger partial charge in [-0.05, 0) is 18.2 Å². The van der Waals surface area contributed by atoms with Gasteiger partial charge in [-0.25, -0.2) is 0 Å². The highest BCUT2D eigenvalue weighted by molar-refractivity contribution is 5.61. The lowest BCUT2D eigenvalue weighted by molar-refractivity contribution is -0.137. The van der Waals surface area contributed by atoms with Crippen LogP contribution in [-0.2, 0) is 10.9 Å². The Bertz CT molecular complexity index is 546. The topological polar surface area (TPSA) is 39.5 Å². The second-order valence-electron chi connectivity index (χ2n) is 5.16. The maximum Gasteiger partial charge on any atom is 0.416 e. The smallest absolute Gasteiger partial charge is 0.383 e. The number of methoxy groups -OCH3 is 1. The van der Waals surface area contributed by atoms with Gasteiger partial charge in [0.05, 0.1) is 23.4 Å². The highest BCUT2D eigenvalue weighted by atomic mass is 19.4. The molecule has 2 rings (SSSR count). The van der Waals surface area contributed by atoms with Crippen molar-refractivity contribution >= 4 is 5.69 Å². The standard InChI is InChI=1S/C15H18F3N3O/c1-22-9-8-20-4-6-21(7-5-20)14-3-2-13(15(16,17)18)10-12(14)11-19/h2-3,10H,4-9H2,1H3. The number of nitrogens with zero attached hydrogens (tertiary/aromatic N) is 3. The summed E-state index contributed by atoms with van der Waals surface area (Å²) in [4.78, 5) is 4.19. The van der Waals surface area contributed by atoms with Gasteiger partial charge >= 0.3 is 6.18 Å². The van der Waals surface area contributed by atoms with Crippen molar-refractivity contribution < 1.29 is 17.9 Å². The van der Waals surface area contributed by atoms with E-state index in [1.165, 1.54) is 6.07 Å². The molecule has 0 aliphatic carbocycles. The van der Waals surface area contributed by atoms with Crippen molar-refractivity contribution in [2.24, 2.45) is 0 Å². The van der Waals surface area contributed by atoms with E-state index in [4.69, 9.17) is 10.00 Å². The van der Waals surface area contributed by atoms with Crippen molar-refractivity contribution in [3.63, 3.8) is 0 Å². The third kappa shape index (κ3) is 3.90. The van der Waals surface area contributed by atoms with Crippen molar-refractivity contribution in [3.8, 4) is 6.07 Å². The van der Waals surface area contributed by atoms with Crippen LogP contribution in [0.2, 0.25) is 0 Å². The van der Waals surface area contributed by atoms with Crippen LogP contribution in [-0.4, -0.2) is 51.3 Å². The third-order valence-electron chi connectivity index (χ3n) is 3.77. The Morgan fingerprint density at radius 3 is 2.45 bits per heavy atom. The van der Waals surface area contributed by atoms with E-state index < -0.39 is 11.7 Å². The van der Waals surface area contributed by atoms with E-state index in [2.05, 4.69) is 4.90 Å². The number of hydrogen-bond acceptors (Lipinski definition) is 4. The van der Waals surface area contributed by atoms with Gasteiger partial charge in [-0.3, -0.25) is 4.90 Å². The van der Waals surface area contributed by atoms with E-state index in [9.17, 15) is 13.2 Å². The zero-order valence-electron chi connectivity index (χ0n) is 12.4. The Labute approximate surface area is 127 Å². The minimum Gasteiger partial charge on any atom is -0.383 e. The van der Waals surface area contributed by atoms with Crippen LogP contribution in [0.5, 0.6) is 0 Å². The van der Waals surface area contributed by atoms with Crippen molar-refractivity contribution in [1.29, 1.82) is 5.26 Å². The molecule has 0 atom stereocenters. The number of benzene rings is 1. The summed E-state index contributed by atoms with van der Waals surface area (Å²) in [6.45, 7) is 4.46. The Morgan fingerprint density at radius 1 is 1.23 bits per heavy atom. The van der Waals surface area contributed by atoms with Gasteiger partial charge in [-0.1, -0.05) is 0 Å². The molecule has 1 saturated heterocycles. The van der Waals surface area contributed by atoms with Gasteiger partial charge < -0.3 is 9.64 Å². The predicted octanol–water partition coefficient (Wildman–Crippen LogP) is 2.35. The van der Waals surface area contributed by atoms with Crippen LogP contribution in [0.3, 0.4) is 0 Å². The summed E-state index contributed by atoms with van der Waals surface area (Å²) in [7, 11) is 1.65. The number of anilines is 1. The van der Waals surface area contributed by atoms with Crippen LogP contribution in [0.25, 0.3) is 0 Å². The zero-order chi connectivity index (χ0) is 16.2. The second-order valence-corrected chi connectivity index (χ2v) is 5.16. The Kier molecular flexibility index (Phi) is 5.27. The molecular formula is C15H18F3N3O. The lowest BCUT2D eigenvalue weighted by atomic mass is 10.1. The number of halogens is 3. The molecule has 1 heterocycles. The fourth-order valence-electron chi connectivity index (χ4n) is 2.51. The van der Waals surface area contributed by atoms with Gasteiger partial charge in [-0.15, -0.1) is 0 Å². The molecule has 120 valence electrons. The summed E-state index contributed by atoms with van der Waals surface area (Å²) in [6.07, 6.45) is -4.43. The average Bonchev–Trinajstić information content (AvgIpc) is 2.52. The molecule has 0 unspecified atom stereocenters. The predicted molar refractivity (Wildman–Crippen MR) is 76.7 cm³/mol. The van der Waals surface area contributed by atoms with Crippen LogP contribution < -0.4 is 4.90 Å². The highest BCUT2D eigenvalue weighted by Crippen LogP contribution is 2.32. The number of ether oxygens (including phenoxy) is 1. The van der Waals surface area contributed by atoms with Crippen LogP contribution in [0.4, 0.5) is 18.9 Å². The quantitative estimate of drug-likeness (QED) is 0.855.